The topological polar surface area (TPSA) is 80.1 Å². The molecular formula is C51H37N5O3. The fourth-order valence-electron chi connectivity index (χ4n) is 7.94. The van der Waals surface area contributed by atoms with E-state index in [2.05, 4.69) is 113 Å². The van der Waals surface area contributed by atoms with Crippen molar-refractivity contribution in [3.63, 3.8) is 0 Å². The van der Waals surface area contributed by atoms with Crippen LogP contribution in [0.15, 0.2) is 207 Å². The van der Waals surface area contributed by atoms with E-state index in [0.717, 1.165) is 92.5 Å². The van der Waals surface area contributed by atoms with Crippen molar-refractivity contribution in [1.29, 1.82) is 0 Å². The van der Waals surface area contributed by atoms with E-state index in [1.807, 2.05) is 78.9 Å². The zero-order valence-corrected chi connectivity index (χ0v) is 32.0. The first kappa shape index (κ1) is 34.5. The lowest BCUT2D eigenvalue weighted by atomic mass is 10.0. The predicted octanol–water partition coefficient (Wildman–Crippen LogP) is 13.0. The SMILES string of the molecule is C1=CC(c2nc3ccc(N(c4ccccc4)c4ccc(-c5nc6ccc(N(C7=CCC8N=C(c9ccccc9)OC8=C7)c7ccccc7)cc6o5)cc4)cc3o2)=CCC1. The van der Waals surface area contributed by atoms with Gasteiger partial charge in [-0.1, -0.05) is 78.9 Å². The Balaban J connectivity index is 0.895. The molecule has 0 spiro atoms. The molecule has 0 fully saturated rings. The minimum absolute atomic E-state index is 0.0378. The molecule has 0 N–H and O–H groups in total. The third-order valence-electron chi connectivity index (χ3n) is 10.8. The van der Waals surface area contributed by atoms with Crippen molar-refractivity contribution in [2.75, 3.05) is 9.80 Å². The summed E-state index contributed by atoms with van der Waals surface area (Å²) in [6.45, 7) is 0. The second-order valence-corrected chi connectivity index (χ2v) is 14.7. The zero-order chi connectivity index (χ0) is 39.1. The molecule has 0 bridgehead atoms. The fraction of sp³-hybridized carbons (Fsp3) is 0.0784. The number of aromatic nitrogens is 2. The Morgan fingerprint density at radius 1 is 0.525 bits per heavy atom. The van der Waals surface area contributed by atoms with E-state index in [1.54, 1.807) is 0 Å². The summed E-state index contributed by atoms with van der Waals surface area (Å²) in [5.74, 6) is 2.70. The molecule has 8 nitrogen and oxygen atoms in total. The molecule has 284 valence electrons. The van der Waals surface area contributed by atoms with Crippen molar-refractivity contribution in [3.8, 4) is 11.5 Å². The summed E-state index contributed by atoms with van der Waals surface area (Å²) in [7, 11) is 0. The van der Waals surface area contributed by atoms with Crippen LogP contribution in [-0.2, 0) is 4.74 Å². The normalized spacial score (nSPS) is 15.9. The van der Waals surface area contributed by atoms with Crippen molar-refractivity contribution in [3.05, 3.63) is 205 Å². The molecule has 0 saturated carbocycles. The van der Waals surface area contributed by atoms with Crippen molar-refractivity contribution < 1.29 is 13.6 Å². The van der Waals surface area contributed by atoms with Gasteiger partial charge in [-0.3, -0.25) is 0 Å². The number of aliphatic imine (C=N–C) groups is 1. The molecule has 1 aliphatic heterocycles. The van der Waals surface area contributed by atoms with Crippen LogP contribution in [0.4, 0.5) is 28.4 Å². The zero-order valence-electron chi connectivity index (χ0n) is 32.0. The number of ether oxygens (including phenoxy) is 1. The van der Waals surface area contributed by atoms with Crippen LogP contribution in [0, 0.1) is 0 Å². The van der Waals surface area contributed by atoms with E-state index < -0.39 is 0 Å². The number of nitrogens with zero attached hydrogens (tertiary/aromatic N) is 5. The molecular weight excluding hydrogens is 731 g/mol. The monoisotopic (exact) mass is 767 g/mol. The number of anilines is 5. The summed E-state index contributed by atoms with van der Waals surface area (Å²) >= 11 is 0. The Kier molecular flexibility index (Phi) is 8.58. The number of rotatable bonds is 9. The van der Waals surface area contributed by atoms with E-state index in [-0.39, 0.29) is 6.04 Å². The van der Waals surface area contributed by atoms with Crippen LogP contribution in [0.25, 0.3) is 39.2 Å². The average Bonchev–Trinajstić information content (AvgIpc) is 4.05. The summed E-state index contributed by atoms with van der Waals surface area (Å²) in [6.07, 6.45) is 13.5. The average molecular weight is 768 g/mol. The molecule has 59 heavy (non-hydrogen) atoms. The summed E-state index contributed by atoms with van der Waals surface area (Å²) < 4.78 is 19.1. The molecule has 0 radical (unpaired) electrons. The van der Waals surface area contributed by atoms with Gasteiger partial charge >= 0.3 is 0 Å². The number of benzene rings is 6. The molecule has 8 heteroatoms. The van der Waals surface area contributed by atoms with Crippen molar-refractivity contribution in [1.82, 2.24) is 9.97 Å². The smallest absolute Gasteiger partial charge is 0.227 e. The quantitative estimate of drug-likeness (QED) is 0.145. The lowest BCUT2D eigenvalue weighted by Gasteiger charge is -2.28. The Bertz CT molecular complexity index is 3000. The molecule has 3 aliphatic rings. The second kappa shape index (κ2) is 14.7. The van der Waals surface area contributed by atoms with E-state index in [0.29, 0.717) is 23.3 Å². The van der Waals surface area contributed by atoms with E-state index >= 15 is 0 Å². The number of para-hydroxylation sites is 2. The lowest BCUT2D eigenvalue weighted by Crippen LogP contribution is -2.20. The first-order valence-corrected chi connectivity index (χ1v) is 19.9. The molecule has 1 unspecified atom stereocenters. The molecule has 11 rings (SSSR count). The lowest BCUT2D eigenvalue weighted by molar-refractivity contribution is 0.412. The number of allylic oxidation sites excluding steroid dienone is 5. The third-order valence-corrected chi connectivity index (χ3v) is 10.8. The van der Waals surface area contributed by atoms with Crippen LogP contribution in [0.3, 0.4) is 0 Å². The number of hydrogen-bond donors (Lipinski definition) is 0. The highest BCUT2D eigenvalue weighted by molar-refractivity contribution is 5.96. The molecule has 0 saturated heterocycles. The van der Waals surface area contributed by atoms with Gasteiger partial charge in [-0.15, -0.1) is 0 Å². The third kappa shape index (κ3) is 6.60. The minimum Gasteiger partial charge on any atom is -0.441 e. The maximum atomic E-state index is 6.51. The Hall–Kier alpha value is -7.71. The van der Waals surface area contributed by atoms with Gasteiger partial charge in [0, 0.05) is 69.0 Å². The predicted molar refractivity (Wildman–Crippen MR) is 235 cm³/mol. The maximum absolute atomic E-state index is 6.51. The maximum Gasteiger partial charge on any atom is 0.227 e. The molecule has 0 amide bonds. The highest BCUT2D eigenvalue weighted by atomic mass is 16.5. The summed E-state index contributed by atoms with van der Waals surface area (Å²) in [6, 6.07) is 51.4. The summed E-state index contributed by atoms with van der Waals surface area (Å²) in [5, 5.41) is 0. The fourth-order valence-corrected chi connectivity index (χ4v) is 7.94. The van der Waals surface area contributed by atoms with Crippen LogP contribution in [0.2, 0.25) is 0 Å². The van der Waals surface area contributed by atoms with Crippen molar-refractivity contribution in [2.45, 2.75) is 25.3 Å². The standard InChI is InChI=1S/C51H37N5O3/c1-5-13-34(14-6-1)49-52-43-28-25-40(31-46(43)57-49)55(37-17-9-3-10-18-37)39-23-21-36(22-24-39)51-54-45-30-27-42(33-48(45)59-51)56(38-19-11-4-12-20-38)41-26-29-44-47(32-41)58-50(53-44)35-15-7-2-8-16-35/h2-5,7-28,30-33,44H,1,6,29H2. The van der Waals surface area contributed by atoms with Crippen LogP contribution < -0.4 is 9.80 Å². The highest BCUT2D eigenvalue weighted by Gasteiger charge is 2.30. The molecule has 6 aromatic carbocycles. The largest absolute Gasteiger partial charge is 0.441 e. The molecule has 8 aromatic rings. The van der Waals surface area contributed by atoms with E-state index in [9.17, 15) is 0 Å². The van der Waals surface area contributed by atoms with E-state index in [1.165, 1.54) is 0 Å². The molecule has 3 heterocycles. The van der Waals surface area contributed by atoms with Gasteiger partial charge in [0.2, 0.25) is 17.7 Å². The number of oxazole rings is 2. The Morgan fingerprint density at radius 3 is 1.80 bits per heavy atom. The van der Waals surface area contributed by atoms with Crippen LogP contribution in [0.1, 0.15) is 30.7 Å². The second-order valence-electron chi connectivity index (χ2n) is 14.7. The first-order chi connectivity index (χ1) is 29.2. The molecule has 1 atom stereocenters. The first-order valence-electron chi connectivity index (χ1n) is 19.9. The van der Waals surface area contributed by atoms with Gasteiger partial charge < -0.3 is 23.4 Å². The van der Waals surface area contributed by atoms with E-state index in [4.69, 9.17) is 28.5 Å². The van der Waals surface area contributed by atoms with Crippen LogP contribution in [-0.4, -0.2) is 21.9 Å². The van der Waals surface area contributed by atoms with Gasteiger partial charge in [0.25, 0.3) is 0 Å². The van der Waals surface area contributed by atoms with Gasteiger partial charge in [-0.05, 0) is 104 Å². The van der Waals surface area contributed by atoms with Crippen LogP contribution >= 0.6 is 0 Å². The van der Waals surface area contributed by atoms with Gasteiger partial charge in [-0.25, -0.2) is 15.0 Å². The Labute approximate surface area is 341 Å². The van der Waals surface area contributed by atoms with Gasteiger partial charge in [-0.2, -0.15) is 0 Å². The van der Waals surface area contributed by atoms with Crippen LogP contribution in [0.5, 0.6) is 0 Å². The van der Waals surface area contributed by atoms with Gasteiger partial charge in [0.1, 0.15) is 22.8 Å². The highest BCUT2D eigenvalue weighted by Crippen LogP contribution is 2.40. The van der Waals surface area contributed by atoms with Crippen molar-refractivity contribution in [2.24, 2.45) is 4.99 Å². The Morgan fingerprint density at radius 2 is 1.12 bits per heavy atom. The number of fused-ring (bicyclic) bond motifs is 3. The summed E-state index contributed by atoms with van der Waals surface area (Å²) in [4.78, 5) is 19.0. The molecule has 2 aromatic heterocycles. The minimum atomic E-state index is -0.0378. The summed E-state index contributed by atoms with van der Waals surface area (Å²) in [5.41, 5.74) is 11.9. The molecule has 2 aliphatic carbocycles. The van der Waals surface area contributed by atoms with Gasteiger partial charge in [0.15, 0.2) is 11.2 Å². The van der Waals surface area contributed by atoms with Crippen molar-refractivity contribution >= 4 is 62.1 Å². The van der Waals surface area contributed by atoms with Gasteiger partial charge in [0.05, 0.1) is 0 Å². The number of hydrogen-bond acceptors (Lipinski definition) is 8.